The number of hydrogen-bond donors (Lipinski definition) is 1. The highest BCUT2D eigenvalue weighted by Gasteiger charge is 2.22. The molecular formula is C25H26ClN3O5. The number of halogens is 1. The number of morpholine rings is 1. The predicted molar refractivity (Wildman–Crippen MR) is 130 cm³/mol. The van der Waals surface area contributed by atoms with Crippen LogP contribution >= 0.6 is 11.6 Å². The van der Waals surface area contributed by atoms with Gasteiger partial charge in [0, 0.05) is 41.7 Å². The Morgan fingerprint density at radius 2 is 1.82 bits per heavy atom. The van der Waals surface area contributed by atoms with E-state index in [0.717, 1.165) is 13.1 Å². The number of esters is 1. The van der Waals surface area contributed by atoms with Crippen LogP contribution in [0.4, 0.5) is 0 Å². The highest BCUT2D eigenvalue weighted by atomic mass is 35.5. The number of para-hydroxylation sites is 1. The van der Waals surface area contributed by atoms with Gasteiger partial charge in [-0.1, -0.05) is 29.8 Å². The average molecular weight is 484 g/mol. The van der Waals surface area contributed by atoms with Crippen LogP contribution in [0.15, 0.2) is 59.4 Å². The summed E-state index contributed by atoms with van der Waals surface area (Å²) in [4.78, 5) is 40.6. The Morgan fingerprint density at radius 1 is 1.12 bits per heavy atom. The van der Waals surface area contributed by atoms with Crippen LogP contribution in [0, 0.1) is 0 Å². The number of aromatic nitrogens is 1. The summed E-state index contributed by atoms with van der Waals surface area (Å²) in [5.74, 6) is -1.50. The Hall–Kier alpha value is -3.20. The number of amides is 1. The molecule has 1 fully saturated rings. The molecule has 1 amide bonds. The molecule has 8 nitrogen and oxygen atoms in total. The third kappa shape index (κ3) is 5.47. The Labute approximate surface area is 202 Å². The number of carbonyl (C=O) groups excluding carboxylic acids is 2. The van der Waals surface area contributed by atoms with Crippen molar-refractivity contribution in [2.75, 3.05) is 44.9 Å². The first-order chi connectivity index (χ1) is 16.4. The molecule has 1 atom stereocenters. The predicted octanol–water partition coefficient (Wildman–Crippen LogP) is 3.02. The number of benzene rings is 2. The van der Waals surface area contributed by atoms with E-state index in [2.05, 4.69) is 10.3 Å². The highest BCUT2D eigenvalue weighted by Crippen LogP contribution is 2.25. The second kappa shape index (κ2) is 10.8. The van der Waals surface area contributed by atoms with Crippen LogP contribution in [-0.4, -0.2) is 60.9 Å². The fourth-order valence-electron chi connectivity index (χ4n) is 3.90. The molecule has 9 heteroatoms. The van der Waals surface area contributed by atoms with Gasteiger partial charge in [-0.15, -0.1) is 0 Å². The maximum absolute atomic E-state index is 13.0. The molecule has 34 heavy (non-hydrogen) atoms. The van der Waals surface area contributed by atoms with Crippen molar-refractivity contribution in [1.29, 1.82) is 0 Å². The number of nitrogens with zero attached hydrogens (tertiary/aromatic N) is 2. The third-order valence-corrected chi connectivity index (χ3v) is 6.10. The Balaban J connectivity index is 1.53. The van der Waals surface area contributed by atoms with E-state index in [1.807, 2.05) is 12.1 Å². The minimum atomic E-state index is -0.649. The van der Waals surface area contributed by atoms with Gasteiger partial charge in [-0.2, -0.15) is 0 Å². The second-order valence-electron chi connectivity index (χ2n) is 8.08. The van der Waals surface area contributed by atoms with E-state index in [1.54, 1.807) is 43.3 Å². The summed E-state index contributed by atoms with van der Waals surface area (Å²) in [7, 11) is 0. The summed E-state index contributed by atoms with van der Waals surface area (Å²) < 4.78 is 12.0. The molecular weight excluding hydrogens is 458 g/mol. The number of hydrogen-bond acceptors (Lipinski definition) is 6. The molecule has 1 aliphatic rings. The van der Waals surface area contributed by atoms with Crippen LogP contribution < -0.4 is 11.0 Å². The van der Waals surface area contributed by atoms with E-state index in [-0.39, 0.29) is 6.61 Å². The smallest absolute Gasteiger partial charge is 0.313 e. The lowest BCUT2D eigenvalue weighted by molar-refractivity contribution is -0.145. The van der Waals surface area contributed by atoms with Crippen molar-refractivity contribution in [3.8, 4) is 0 Å². The van der Waals surface area contributed by atoms with Gasteiger partial charge in [-0.25, -0.2) is 4.68 Å². The van der Waals surface area contributed by atoms with Crippen molar-refractivity contribution in [2.45, 2.75) is 12.8 Å². The molecule has 1 N–H and O–H groups in total. The summed E-state index contributed by atoms with van der Waals surface area (Å²) >= 11 is 5.89. The van der Waals surface area contributed by atoms with Gasteiger partial charge >= 0.3 is 5.97 Å². The molecule has 2 heterocycles. The van der Waals surface area contributed by atoms with E-state index in [0.29, 0.717) is 46.8 Å². The topological polar surface area (TPSA) is 89.9 Å². The maximum Gasteiger partial charge on any atom is 0.313 e. The molecule has 0 aliphatic carbocycles. The van der Waals surface area contributed by atoms with Gasteiger partial charge in [-0.05, 0) is 42.8 Å². The monoisotopic (exact) mass is 483 g/mol. The lowest BCUT2D eigenvalue weighted by atomic mass is 9.97. The summed E-state index contributed by atoms with van der Waals surface area (Å²) in [5, 5.41) is 1.19. The number of carbonyl (C=O) groups is 2. The minimum Gasteiger partial charge on any atom is -0.464 e. The van der Waals surface area contributed by atoms with Gasteiger partial charge in [0.05, 0.1) is 24.6 Å². The standard InChI is InChI=1S/C25H26ClN3O5/c1-17(25(32)34-15-12-28-10-13-33-14-11-28)21-16-23(30)29(22-5-3-2-4-20(21)22)27-24(31)18-6-8-19(26)9-7-18/h2-9,16-17H,10-15H2,1H3,(H,27,31). The number of nitrogens with one attached hydrogen (secondary N) is 1. The molecule has 178 valence electrons. The SMILES string of the molecule is CC(C(=O)OCCN1CCOCC1)c1cc(=O)n(NC(=O)c2ccc(Cl)cc2)c2ccccc12. The lowest BCUT2D eigenvalue weighted by Crippen LogP contribution is -2.38. The van der Waals surface area contributed by atoms with Gasteiger partial charge in [0.25, 0.3) is 11.5 Å². The maximum atomic E-state index is 13.0. The zero-order chi connectivity index (χ0) is 24.1. The zero-order valence-corrected chi connectivity index (χ0v) is 19.6. The first-order valence-corrected chi connectivity index (χ1v) is 11.5. The molecule has 2 aromatic carbocycles. The highest BCUT2D eigenvalue weighted by molar-refractivity contribution is 6.30. The minimum absolute atomic E-state index is 0.273. The molecule has 1 aliphatic heterocycles. The largest absolute Gasteiger partial charge is 0.464 e. The first-order valence-electron chi connectivity index (χ1n) is 11.1. The number of ether oxygens (including phenoxy) is 2. The Bertz CT molecular complexity index is 1240. The summed E-state index contributed by atoms with van der Waals surface area (Å²) in [5.41, 5.74) is 3.59. The molecule has 3 aromatic rings. The van der Waals surface area contributed by atoms with Crippen molar-refractivity contribution >= 4 is 34.4 Å². The lowest BCUT2D eigenvalue weighted by Gasteiger charge is -2.26. The van der Waals surface area contributed by atoms with E-state index in [4.69, 9.17) is 21.1 Å². The van der Waals surface area contributed by atoms with Gasteiger partial charge in [0.1, 0.15) is 6.61 Å². The molecule has 0 saturated carbocycles. The summed E-state index contributed by atoms with van der Waals surface area (Å²) in [6.45, 7) is 5.63. The average Bonchev–Trinajstić information content (AvgIpc) is 2.86. The molecule has 0 radical (unpaired) electrons. The van der Waals surface area contributed by atoms with E-state index in [9.17, 15) is 14.4 Å². The number of fused-ring (bicyclic) bond motifs is 1. The number of pyridine rings is 1. The quantitative estimate of drug-likeness (QED) is 0.519. The van der Waals surface area contributed by atoms with Gasteiger partial charge < -0.3 is 9.47 Å². The van der Waals surface area contributed by atoms with Crippen LogP contribution in [0.3, 0.4) is 0 Å². The van der Waals surface area contributed by atoms with Crippen LogP contribution in [0.1, 0.15) is 28.8 Å². The van der Waals surface area contributed by atoms with Crippen LogP contribution in [-0.2, 0) is 14.3 Å². The van der Waals surface area contributed by atoms with Gasteiger partial charge in [0.2, 0.25) is 0 Å². The van der Waals surface area contributed by atoms with Crippen molar-refractivity contribution in [2.24, 2.45) is 0 Å². The van der Waals surface area contributed by atoms with E-state index in [1.165, 1.54) is 10.7 Å². The Kier molecular flexibility index (Phi) is 7.62. The van der Waals surface area contributed by atoms with Crippen LogP contribution in [0.25, 0.3) is 10.9 Å². The molecule has 0 bridgehead atoms. The molecule has 0 spiro atoms. The molecule has 1 saturated heterocycles. The van der Waals surface area contributed by atoms with E-state index >= 15 is 0 Å². The van der Waals surface area contributed by atoms with E-state index < -0.39 is 23.4 Å². The zero-order valence-electron chi connectivity index (χ0n) is 18.8. The first kappa shape index (κ1) is 23.9. The second-order valence-corrected chi connectivity index (χ2v) is 8.52. The van der Waals surface area contributed by atoms with Gasteiger partial charge in [-0.3, -0.25) is 24.7 Å². The molecule has 1 unspecified atom stereocenters. The van der Waals surface area contributed by atoms with Crippen molar-refractivity contribution in [3.63, 3.8) is 0 Å². The van der Waals surface area contributed by atoms with Crippen LogP contribution in [0.5, 0.6) is 0 Å². The summed E-state index contributed by atoms with van der Waals surface area (Å²) in [6.07, 6.45) is 0. The summed E-state index contributed by atoms with van der Waals surface area (Å²) in [6, 6.07) is 14.9. The fourth-order valence-corrected chi connectivity index (χ4v) is 4.03. The number of rotatable bonds is 7. The van der Waals surface area contributed by atoms with Crippen molar-refractivity contribution < 1.29 is 19.1 Å². The third-order valence-electron chi connectivity index (χ3n) is 5.85. The van der Waals surface area contributed by atoms with Crippen molar-refractivity contribution in [3.05, 3.63) is 81.1 Å². The normalized spacial score (nSPS) is 15.1. The molecule has 4 rings (SSSR count). The van der Waals surface area contributed by atoms with Crippen LogP contribution in [0.2, 0.25) is 5.02 Å². The van der Waals surface area contributed by atoms with Gasteiger partial charge in [0.15, 0.2) is 0 Å². The fraction of sp³-hybridized carbons (Fsp3) is 0.320. The molecule has 1 aromatic heterocycles. The van der Waals surface area contributed by atoms with Crippen molar-refractivity contribution in [1.82, 2.24) is 9.58 Å². The Morgan fingerprint density at radius 3 is 2.56 bits per heavy atom.